The number of carbonyl (C=O) groups excluding carboxylic acids is 2. The van der Waals surface area contributed by atoms with E-state index in [1.807, 2.05) is 18.2 Å². The van der Waals surface area contributed by atoms with Crippen LogP contribution in [0.15, 0.2) is 48.7 Å². The van der Waals surface area contributed by atoms with Crippen LogP contribution in [-0.2, 0) is 23.3 Å². The van der Waals surface area contributed by atoms with Crippen LogP contribution in [0.5, 0.6) is 5.88 Å². The van der Waals surface area contributed by atoms with E-state index in [-0.39, 0.29) is 19.0 Å². The Bertz CT molecular complexity index is 1390. The van der Waals surface area contributed by atoms with Crippen LogP contribution in [-0.4, -0.2) is 33.1 Å². The van der Waals surface area contributed by atoms with Crippen LogP contribution in [0.2, 0.25) is 0 Å². The average Bonchev–Trinajstić information content (AvgIpc) is 3.26. The van der Waals surface area contributed by atoms with Crippen molar-refractivity contribution in [2.24, 2.45) is 0 Å². The van der Waals surface area contributed by atoms with Gasteiger partial charge in [-0.05, 0) is 55.7 Å². The molecule has 0 saturated carbocycles. The van der Waals surface area contributed by atoms with Crippen molar-refractivity contribution in [2.75, 3.05) is 6.54 Å². The third kappa shape index (κ3) is 4.09. The predicted octanol–water partition coefficient (Wildman–Crippen LogP) is 3.91. The predicted molar refractivity (Wildman–Crippen MR) is 127 cm³/mol. The number of aryl methyl sites for hydroxylation is 1. The smallest absolute Gasteiger partial charge is 0.326 e. The summed E-state index contributed by atoms with van der Waals surface area (Å²) in [6.45, 7) is 3.29. The molecular weight excluding hydrogens is 433 g/mol. The molecule has 1 aromatic heterocycles. The Labute approximate surface area is 197 Å². The number of halogens is 1. The number of urea groups is 1. The Morgan fingerprint density at radius 2 is 1.79 bits per heavy atom. The molecule has 1 fully saturated rings. The summed E-state index contributed by atoms with van der Waals surface area (Å²) in [5, 5.41) is 15.2. The zero-order valence-electron chi connectivity index (χ0n) is 19.0. The number of carbonyl (C=O) groups is 2. The van der Waals surface area contributed by atoms with Gasteiger partial charge in [-0.25, -0.2) is 9.18 Å². The van der Waals surface area contributed by atoms with Crippen molar-refractivity contribution < 1.29 is 19.1 Å². The first kappa shape index (κ1) is 22.9. The van der Waals surface area contributed by atoms with Gasteiger partial charge >= 0.3 is 6.03 Å². The van der Waals surface area contributed by atoms with Gasteiger partial charge in [0.25, 0.3) is 5.91 Å². The second-order valence-corrected chi connectivity index (χ2v) is 8.09. The van der Waals surface area contributed by atoms with E-state index in [0.29, 0.717) is 10.9 Å². The first-order valence-electron chi connectivity index (χ1n) is 10.9. The Morgan fingerprint density at radius 3 is 2.50 bits per heavy atom. The van der Waals surface area contributed by atoms with Gasteiger partial charge in [0, 0.05) is 23.4 Å². The summed E-state index contributed by atoms with van der Waals surface area (Å²) in [7, 11) is 0. The highest BCUT2D eigenvalue weighted by Crippen LogP contribution is 2.35. The minimum Gasteiger partial charge on any atom is -0.494 e. The van der Waals surface area contributed by atoms with Crippen LogP contribution in [0.3, 0.4) is 0 Å². The van der Waals surface area contributed by atoms with Crippen molar-refractivity contribution in [2.45, 2.75) is 38.8 Å². The Kier molecular flexibility index (Phi) is 6.30. The number of rotatable bonds is 6. The highest BCUT2D eigenvalue weighted by molar-refractivity contribution is 6.07. The molecule has 0 bridgehead atoms. The lowest BCUT2D eigenvalue weighted by atomic mass is 9.89. The summed E-state index contributed by atoms with van der Waals surface area (Å²) in [5.74, 6) is 10.4. The summed E-state index contributed by atoms with van der Waals surface area (Å²) in [5.41, 5.74) is -0.0304. The molecule has 1 saturated heterocycles. The molecule has 3 amide bonds. The number of nitrogens with one attached hydrogen (secondary N) is 1. The number of aromatic hydroxyl groups is 1. The molecule has 3 aromatic rings. The van der Waals surface area contributed by atoms with Crippen LogP contribution < -0.4 is 5.32 Å². The Balaban J connectivity index is 1.76. The lowest BCUT2D eigenvalue weighted by Crippen LogP contribution is -2.47. The van der Waals surface area contributed by atoms with E-state index in [0.717, 1.165) is 28.7 Å². The number of hydrogen-bond donors (Lipinski definition) is 2. The van der Waals surface area contributed by atoms with Crippen LogP contribution in [0.25, 0.3) is 10.8 Å². The molecule has 4 rings (SSSR count). The minimum atomic E-state index is -1.52. The summed E-state index contributed by atoms with van der Waals surface area (Å²) in [6.07, 6.45) is 3.27. The molecule has 1 aliphatic rings. The number of aromatic nitrogens is 1. The van der Waals surface area contributed by atoms with E-state index in [4.69, 9.17) is 0 Å². The normalized spacial score (nSPS) is 17.2. The monoisotopic (exact) mass is 457 g/mol. The first-order valence-corrected chi connectivity index (χ1v) is 10.9. The third-order valence-corrected chi connectivity index (χ3v) is 5.97. The summed E-state index contributed by atoms with van der Waals surface area (Å²) >= 11 is 0. The second-order valence-electron chi connectivity index (χ2n) is 8.09. The van der Waals surface area contributed by atoms with Gasteiger partial charge in [-0.15, -0.1) is 17.8 Å². The SMILES string of the molecule is CC#CCCc1ccc2c(O)n(CC3(c4ccc(F)cc4)NC(=O)N(CC#CC)C3=O)cc2c1. The molecule has 1 aliphatic heterocycles. The number of nitrogens with zero attached hydrogens (tertiary/aromatic N) is 2. The molecule has 1 atom stereocenters. The maximum Gasteiger partial charge on any atom is 0.326 e. The Morgan fingerprint density at radius 1 is 1.06 bits per heavy atom. The van der Waals surface area contributed by atoms with Crippen molar-refractivity contribution in [3.05, 3.63) is 65.6 Å². The molecule has 7 heteroatoms. The van der Waals surface area contributed by atoms with Crippen molar-refractivity contribution in [3.8, 4) is 29.6 Å². The van der Waals surface area contributed by atoms with Gasteiger partial charge in [-0.2, -0.15) is 0 Å². The van der Waals surface area contributed by atoms with E-state index >= 15 is 0 Å². The van der Waals surface area contributed by atoms with Gasteiger partial charge in [0.15, 0.2) is 11.4 Å². The fourth-order valence-corrected chi connectivity index (χ4v) is 4.23. The molecule has 34 heavy (non-hydrogen) atoms. The fourth-order valence-electron chi connectivity index (χ4n) is 4.23. The fraction of sp³-hybridized carbons (Fsp3) is 0.259. The number of fused-ring (bicyclic) bond motifs is 1. The van der Waals surface area contributed by atoms with E-state index in [2.05, 4.69) is 29.0 Å². The van der Waals surface area contributed by atoms with Crippen LogP contribution in [0.1, 0.15) is 31.4 Å². The van der Waals surface area contributed by atoms with Gasteiger partial charge in [0.05, 0.1) is 13.1 Å². The number of imide groups is 1. The molecule has 0 aliphatic carbocycles. The van der Waals surface area contributed by atoms with Gasteiger partial charge in [0.1, 0.15) is 5.82 Å². The van der Waals surface area contributed by atoms with E-state index in [1.54, 1.807) is 20.0 Å². The zero-order valence-corrected chi connectivity index (χ0v) is 19.0. The topological polar surface area (TPSA) is 74.6 Å². The summed E-state index contributed by atoms with van der Waals surface area (Å²) < 4.78 is 15.2. The molecule has 0 spiro atoms. The van der Waals surface area contributed by atoms with Gasteiger partial charge in [0.2, 0.25) is 0 Å². The molecule has 1 unspecified atom stereocenters. The quantitative estimate of drug-likeness (QED) is 0.435. The van der Waals surface area contributed by atoms with Crippen LogP contribution >= 0.6 is 0 Å². The molecule has 2 N–H and O–H groups in total. The highest BCUT2D eigenvalue weighted by Gasteiger charge is 2.52. The van der Waals surface area contributed by atoms with Crippen molar-refractivity contribution >= 4 is 22.7 Å². The van der Waals surface area contributed by atoms with Gasteiger partial charge in [-0.3, -0.25) is 9.69 Å². The number of benzene rings is 2. The van der Waals surface area contributed by atoms with Crippen molar-refractivity contribution in [3.63, 3.8) is 0 Å². The second kappa shape index (κ2) is 9.33. The number of amides is 3. The molecule has 0 radical (unpaired) electrons. The van der Waals surface area contributed by atoms with Crippen LogP contribution in [0, 0.1) is 29.5 Å². The van der Waals surface area contributed by atoms with Gasteiger partial charge < -0.3 is 15.0 Å². The maximum absolute atomic E-state index is 13.6. The lowest BCUT2D eigenvalue weighted by Gasteiger charge is -2.28. The zero-order chi connectivity index (χ0) is 24.3. The van der Waals surface area contributed by atoms with Gasteiger partial charge in [-0.1, -0.05) is 24.1 Å². The van der Waals surface area contributed by atoms with Crippen molar-refractivity contribution in [1.82, 2.24) is 14.8 Å². The third-order valence-electron chi connectivity index (χ3n) is 5.97. The van der Waals surface area contributed by atoms with E-state index in [1.165, 1.54) is 28.8 Å². The minimum absolute atomic E-state index is 0.0229. The van der Waals surface area contributed by atoms with E-state index in [9.17, 15) is 19.1 Å². The van der Waals surface area contributed by atoms with Crippen LogP contribution in [0.4, 0.5) is 9.18 Å². The summed E-state index contributed by atoms with van der Waals surface area (Å²) in [6, 6.07) is 10.6. The molecule has 6 nitrogen and oxygen atoms in total. The highest BCUT2D eigenvalue weighted by atomic mass is 19.1. The number of hydrogen-bond acceptors (Lipinski definition) is 3. The molecule has 172 valence electrons. The maximum atomic E-state index is 13.6. The molecular formula is C27H24FN3O3. The average molecular weight is 458 g/mol. The van der Waals surface area contributed by atoms with E-state index < -0.39 is 23.3 Å². The lowest BCUT2D eigenvalue weighted by molar-refractivity contribution is -0.131. The molecule has 2 aromatic carbocycles. The van der Waals surface area contributed by atoms with Crippen molar-refractivity contribution in [1.29, 1.82) is 0 Å². The standard InChI is InChI=1S/C27H24FN3O3/c1-3-5-7-8-19-9-14-23-20(16-19)17-30(24(23)32)18-27(21-10-12-22(28)13-11-21)25(33)31(15-6-4-2)26(34)29-27/h9-14,16-17,32H,7-8,15,18H2,1-2H3,(H,29,34). The largest absolute Gasteiger partial charge is 0.494 e. The summed E-state index contributed by atoms with van der Waals surface area (Å²) in [4.78, 5) is 27.3. The first-order chi connectivity index (χ1) is 16.4. The molecule has 2 heterocycles. The Hall–Kier alpha value is -4.23.